The molecule has 8 heteroatoms. The molecular formula is C14H24N6O2. The number of hydrogen-bond acceptors (Lipinski definition) is 6. The minimum absolute atomic E-state index is 0.143. The number of nitrogen functional groups attached to an aromatic ring is 1. The molecule has 0 atom stereocenters. The van der Waals surface area contributed by atoms with Gasteiger partial charge in [0.05, 0.1) is 0 Å². The molecule has 1 aliphatic rings. The molecule has 2 rings (SSSR count). The van der Waals surface area contributed by atoms with Gasteiger partial charge in [0.25, 0.3) is 0 Å². The zero-order chi connectivity index (χ0) is 16.3. The minimum atomic E-state index is -0.988. The number of nitrogens with one attached hydrogen (secondary N) is 2. The fourth-order valence-electron chi connectivity index (χ4n) is 2.18. The van der Waals surface area contributed by atoms with Gasteiger partial charge in [0, 0.05) is 38.2 Å². The molecule has 0 unspecified atom stereocenters. The number of carboxylic acid groups (broad SMARTS) is 1. The zero-order valence-corrected chi connectivity index (χ0v) is 13.3. The van der Waals surface area contributed by atoms with Crippen molar-refractivity contribution in [3.63, 3.8) is 0 Å². The van der Waals surface area contributed by atoms with Crippen molar-refractivity contribution in [1.29, 1.82) is 0 Å². The summed E-state index contributed by atoms with van der Waals surface area (Å²) in [7, 11) is 0. The highest BCUT2D eigenvalue weighted by Crippen LogP contribution is 2.25. The fourth-order valence-corrected chi connectivity index (χ4v) is 2.18. The van der Waals surface area contributed by atoms with E-state index in [9.17, 15) is 4.79 Å². The van der Waals surface area contributed by atoms with E-state index in [1.54, 1.807) is 0 Å². The molecule has 0 aromatic carbocycles. The Bertz CT molecular complexity index is 537. The van der Waals surface area contributed by atoms with Crippen LogP contribution < -0.4 is 21.3 Å². The van der Waals surface area contributed by atoms with E-state index in [4.69, 9.17) is 10.8 Å². The summed E-state index contributed by atoms with van der Waals surface area (Å²) in [5.41, 5.74) is 5.91. The maximum absolute atomic E-state index is 10.5. The Labute approximate surface area is 130 Å². The highest BCUT2D eigenvalue weighted by Gasteiger charge is 2.28. The van der Waals surface area contributed by atoms with E-state index in [2.05, 4.69) is 46.3 Å². The van der Waals surface area contributed by atoms with Gasteiger partial charge in [0.2, 0.25) is 5.95 Å². The summed E-state index contributed by atoms with van der Waals surface area (Å²) in [6.07, 6.45) is -0.988. The molecule has 0 spiro atoms. The van der Waals surface area contributed by atoms with Crippen LogP contribution in [0.3, 0.4) is 0 Å². The molecule has 0 radical (unpaired) electrons. The topological polar surface area (TPSA) is 116 Å². The van der Waals surface area contributed by atoms with Gasteiger partial charge in [-0.15, -0.1) is 0 Å². The van der Waals surface area contributed by atoms with E-state index in [1.807, 2.05) is 6.07 Å². The Morgan fingerprint density at radius 1 is 1.45 bits per heavy atom. The van der Waals surface area contributed by atoms with E-state index in [1.165, 1.54) is 0 Å². The average molecular weight is 308 g/mol. The third-order valence-corrected chi connectivity index (χ3v) is 3.35. The van der Waals surface area contributed by atoms with Gasteiger partial charge in [0.1, 0.15) is 11.6 Å². The smallest absolute Gasteiger partial charge is 0.404 e. The normalized spacial score (nSPS) is 15.3. The van der Waals surface area contributed by atoms with Crippen LogP contribution in [-0.2, 0) is 0 Å². The summed E-state index contributed by atoms with van der Waals surface area (Å²) in [4.78, 5) is 21.0. The molecule has 1 amide bonds. The number of nitrogens with two attached hydrogens (primary N) is 1. The predicted octanol–water partition coefficient (Wildman–Crippen LogP) is 1.22. The van der Waals surface area contributed by atoms with Crippen LogP contribution in [0.25, 0.3) is 0 Å². The summed E-state index contributed by atoms with van der Waals surface area (Å²) in [6.45, 7) is 9.18. The van der Waals surface area contributed by atoms with Gasteiger partial charge in [0.15, 0.2) is 0 Å². The third kappa shape index (κ3) is 4.64. The summed E-state index contributed by atoms with van der Waals surface area (Å²) in [5, 5.41) is 14.3. The van der Waals surface area contributed by atoms with Gasteiger partial charge in [-0.25, -0.2) is 4.79 Å². The van der Waals surface area contributed by atoms with E-state index < -0.39 is 6.09 Å². The summed E-state index contributed by atoms with van der Waals surface area (Å²) in [6, 6.07) is 1.88. The lowest BCUT2D eigenvalue weighted by Crippen LogP contribution is -2.51. The van der Waals surface area contributed by atoms with Crippen molar-refractivity contribution >= 4 is 23.7 Å². The van der Waals surface area contributed by atoms with Gasteiger partial charge in [-0.2, -0.15) is 9.97 Å². The first kappa shape index (κ1) is 16.1. The first-order valence-corrected chi connectivity index (χ1v) is 7.33. The first-order valence-electron chi connectivity index (χ1n) is 7.33. The van der Waals surface area contributed by atoms with Crippen molar-refractivity contribution in [3.8, 4) is 0 Å². The van der Waals surface area contributed by atoms with Gasteiger partial charge < -0.3 is 26.4 Å². The third-order valence-electron chi connectivity index (χ3n) is 3.35. The molecule has 2 heterocycles. The predicted molar refractivity (Wildman–Crippen MR) is 86.1 cm³/mol. The quantitative estimate of drug-likeness (QED) is 0.646. The van der Waals surface area contributed by atoms with Crippen LogP contribution in [0.2, 0.25) is 0 Å². The van der Waals surface area contributed by atoms with E-state index in [0.29, 0.717) is 18.3 Å². The van der Waals surface area contributed by atoms with Gasteiger partial charge in [-0.3, -0.25) is 0 Å². The second kappa shape index (κ2) is 6.25. The number of amides is 1. The zero-order valence-electron chi connectivity index (χ0n) is 13.3. The second-order valence-electron chi connectivity index (χ2n) is 6.84. The van der Waals surface area contributed by atoms with Gasteiger partial charge in [-0.05, 0) is 5.41 Å². The highest BCUT2D eigenvalue weighted by atomic mass is 16.4. The molecule has 1 aromatic heterocycles. The molecule has 1 fully saturated rings. The second-order valence-corrected chi connectivity index (χ2v) is 6.84. The van der Waals surface area contributed by atoms with Crippen molar-refractivity contribution in [1.82, 2.24) is 15.3 Å². The molecule has 122 valence electrons. The standard InChI is InChI=1S/C14H24N6O2/c1-14(2,3)8-17-10-4-11(19-12(15)18-10)20-6-9(7-20)5-16-13(21)22/h4,9,16H,5-8H2,1-3H3,(H,21,22)(H3,15,17,18,19). The Balaban J connectivity index is 1.92. The summed E-state index contributed by atoms with van der Waals surface area (Å²) in [5.74, 6) is 2.03. The number of anilines is 3. The molecule has 5 N–H and O–H groups in total. The Morgan fingerprint density at radius 2 is 2.14 bits per heavy atom. The van der Waals surface area contributed by atoms with Crippen LogP contribution >= 0.6 is 0 Å². The molecule has 0 saturated carbocycles. The van der Waals surface area contributed by atoms with Crippen molar-refractivity contribution in [2.24, 2.45) is 11.3 Å². The van der Waals surface area contributed by atoms with Crippen LogP contribution in [0.15, 0.2) is 6.07 Å². The Kier molecular flexibility index (Phi) is 4.58. The lowest BCUT2D eigenvalue weighted by atomic mass is 9.97. The lowest BCUT2D eigenvalue weighted by molar-refractivity contribution is 0.191. The summed E-state index contributed by atoms with van der Waals surface area (Å²) >= 11 is 0. The number of nitrogens with zero attached hydrogens (tertiary/aromatic N) is 3. The van der Waals surface area contributed by atoms with Crippen molar-refractivity contribution < 1.29 is 9.90 Å². The van der Waals surface area contributed by atoms with Crippen molar-refractivity contribution in [2.45, 2.75) is 20.8 Å². The lowest BCUT2D eigenvalue weighted by Gasteiger charge is -2.40. The number of carbonyl (C=O) groups is 1. The molecule has 8 nitrogen and oxygen atoms in total. The van der Waals surface area contributed by atoms with Crippen LogP contribution in [0.1, 0.15) is 20.8 Å². The highest BCUT2D eigenvalue weighted by molar-refractivity contribution is 5.64. The van der Waals surface area contributed by atoms with Crippen LogP contribution in [0.4, 0.5) is 22.4 Å². The molecular weight excluding hydrogens is 284 g/mol. The Hall–Kier alpha value is -2.25. The maximum atomic E-state index is 10.5. The van der Waals surface area contributed by atoms with E-state index >= 15 is 0 Å². The molecule has 0 aliphatic carbocycles. The largest absolute Gasteiger partial charge is 0.465 e. The molecule has 1 aliphatic heterocycles. The summed E-state index contributed by atoms with van der Waals surface area (Å²) < 4.78 is 0. The van der Waals surface area contributed by atoms with Gasteiger partial charge in [-0.1, -0.05) is 20.8 Å². The van der Waals surface area contributed by atoms with Gasteiger partial charge >= 0.3 is 6.09 Å². The van der Waals surface area contributed by atoms with Crippen molar-refractivity contribution in [3.05, 3.63) is 6.07 Å². The number of aromatic nitrogens is 2. The van der Waals surface area contributed by atoms with Crippen LogP contribution in [0.5, 0.6) is 0 Å². The average Bonchev–Trinajstić information content (AvgIpc) is 2.32. The minimum Gasteiger partial charge on any atom is -0.465 e. The molecule has 22 heavy (non-hydrogen) atoms. The first-order chi connectivity index (χ1) is 10.2. The van der Waals surface area contributed by atoms with Crippen LogP contribution in [0, 0.1) is 11.3 Å². The molecule has 1 aromatic rings. The SMILES string of the molecule is CC(C)(C)CNc1cc(N2CC(CNC(=O)O)C2)nc(N)n1. The van der Waals surface area contributed by atoms with E-state index in [-0.39, 0.29) is 11.4 Å². The van der Waals surface area contributed by atoms with Crippen LogP contribution in [-0.4, -0.2) is 47.3 Å². The maximum Gasteiger partial charge on any atom is 0.404 e. The van der Waals surface area contributed by atoms with E-state index in [0.717, 1.165) is 25.5 Å². The monoisotopic (exact) mass is 308 g/mol. The Morgan fingerprint density at radius 3 is 2.73 bits per heavy atom. The molecule has 1 saturated heterocycles. The number of hydrogen-bond donors (Lipinski definition) is 4. The fraction of sp³-hybridized carbons (Fsp3) is 0.643. The molecule has 0 bridgehead atoms. The van der Waals surface area contributed by atoms with Crippen molar-refractivity contribution in [2.75, 3.05) is 42.1 Å². The number of rotatable bonds is 5.